The Morgan fingerprint density at radius 3 is 2.62 bits per heavy atom. The number of fused-ring (bicyclic) bond motifs is 1. The Morgan fingerprint density at radius 1 is 1.38 bits per heavy atom. The first kappa shape index (κ1) is 12.0. The minimum atomic E-state index is -0.616. The molecule has 0 aromatic rings. The molecule has 0 aliphatic carbocycles. The highest BCUT2D eigenvalue weighted by molar-refractivity contribution is 5.79. The van der Waals surface area contributed by atoms with E-state index in [0.717, 1.165) is 0 Å². The van der Waals surface area contributed by atoms with Crippen LogP contribution in [0.3, 0.4) is 0 Å². The molecule has 16 heavy (non-hydrogen) atoms. The Bertz CT molecular complexity index is 288. The summed E-state index contributed by atoms with van der Waals surface area (Å²) in [6.07, 6.45) is -0.503. The molecule has 0 radical (unpaired) electrons. The van der Waals surface area contributed by atoms with Crippen LogP contribution in [0.5, 0.6) is 0 Å². The average molecular weight is 230 g/mol. The molecular formula is C11H18O5. The number of hydrogen-bond donors (Lipinski definition) is 1. The van der Waals surface area contributed by atoms with E-state index in [4.69, 9.17) is 19.3 Å². The summed E-state index contributed by atoms with van der Waals surface area (Å²) in [7, 11) is 0. The number of hydrogen-bond acceptors (Lipinski definition) is 5. The standard InChI is InChI=1S/C11H18O5/c1-6-8(4-7(13)5-12)14-10-9(6)15-11(2,3)16-10/h6,8-10,12H,4-5H2,1-3H3/t6-,8+,9+,10+/m0/s1. The number of aliphatic hydroxyl groups excluding tert-OH is 1. The lowest BCUT2D eigenvalue weighted by Gasteiger charge is -2.23. The number of ether oxygens (including phenoxy) is 3. The number of Topliss-reactive ketones (excluding diaryl/α,β-unsaturated/α-hetero) is 1. The van der Waals surface area contributed by atoms with Crippen molar-refractivity contribution in [2.75, 3.05) is 6.61 Å². The van der Waals surface area contributed by atoms with Gasteiger partial charge in [0, 0.05) is 12.3 Å². The molecule has 0 unspecified atom stereocenters. The number of ketones is 1. The van der Waals surface area contributed by atoms with Crippen LogP contribution in [0.2, 0.25) is 0 Å². The predicted molar refractivity (Wildman–Crippen MR) is 54.6 cm³/mol. The van der Waals surface area contributed by atoms with E-state index in [2.05, 4.69) is 0 Å². The van der Waals surface area contributed by atoms with E-state index in [-0.39, 0.29) is 36.6 Å². The van der Waals surface area contributed by atoms with E-state index in [1.54, 1.807) is 0 Å². The molecule has 4 atom stereocenters. The van der Waals surface area contributed by atoms with Crippen LogP contribution in [0.1, 0.15) is 27.2 Å². The molecule has 0 aromatic heterocycles. The quantitative estimate of drug-likeness (QED) is 0.762. The van der Waals surface area contributed by atoms with Crippen LogP contribution in [-0.2, 0) is 19.0 Å². The fraction of sp³-hybridized carbons (Fsp3) is 0.909. The molecule has 92 valence electrons. The Labute approximate surface area is 94.7 Å². The second-order valence-electron chi connectivity index (χ2n) is 4.90. The second kappa shape index (κ2) is 4.07. The molecule has 2 aliphatic heterocycles. The minimum Gasteiger partial charge on any atom is -0.389 e. The van der Waals surface area contributed by atoms with Crippen LogP contribution in [0.15, 0.2) is 0 Å². The van der Waals surface area contributed by atoms with Crippen molar-refractivity contribution in [2.24, 2.45) is 5.92 Å². The first-order chi connectivity index (χ1) is 7.43. The molecule has 2 heterocycles. The van der Waals surface area contributed by atoms with Crippen LogP contribution in [0.4, 0.5) is 0 Å². The van der Waals surface area contributed by atoms with E-state index < -0.39 is 12.4 Å². The Morgan fingerprint density at radius 2 is 2.06 bits per heavy atom. The van der Waals surface area contributed by atoms with E-state index in [0.29, 0.717) is 0 Å². The van der Waals surface area contributed by atoms with Gasteiger partial charge in [0.15, 0.2) is 17.9 Å². The number of rotatable bonds is 3. The van der Waals surface area contributed by atoms with Gasteiger partial charge in [-0.1, -0.05) is 6.92 Å². The molecule has 5 nitrogen and oxygen atoms in total. The van der Waals surface area contributed by atoms with Gasteiger partial charge in [0.1, 0.15) is 12.7 Å². The molecule has 0 spiro atoms. The zero-order chi connectivity index (χ0) is 11.9. The summed E-state index contributed by atoms with van der Waals surface area (Å²) >= 11 is 0. The lowest BCUT2D eigenvalue weighted by atomic mass is 9.97. The fourth-order valence-corrected chi connectivity index (χ4v) is 2.25. The Hall–Kier alpha value is -0.490. The van der Waals surface area contributed by atoms with Gasteiger partial charge in [-0.25, -0.2) is 0 Å². The molecule has 0 amide bonds. The van der Waals surface area contributed by atoms with Crippen molar-refractivity contribution in [3.63, 3.8) is 0 Å². The van der Waals surface area contributed by atoms with Crippen LogP contribution in [0.25, 0.3) is 0 Å². The van der Waals surface area contributed by atoms with Gasteiger partial charge in [0.05, 0.1) is 6.10 Å². The largest absolute Gasteiger partial charge is 0.389 e. The average Bonchev–Trinajstić information content (AvgIpc) is 2.63. The fourth-order valence-electron chi connectivity index (χ4n) is 2.25. The number of carbonyl (C=O) groups is 1. The maximum Gasteiger partial charge on any atom is 0.187 e. The maximum absolute atomic E-state index is 11.1. The predicted octanol–water partition coefficient (Wildman–Crippen LogP) is 0.450. The zero-order valence-electron chi connectivity index (χ0n) is 9.80. The van der Waals surface area contributed by atoms with Crippen molar-refractivity contribution >= 4 is 5.78 Å². The molecule has 1 N–H and O–H groups in total. The van der Waals surface area contributed by atoms with Crippen molar-refractivity contribution in [3.8, 4) is 0 Å². The highest BCUT2D eigenvalue weighted by atomic mass is 16.8. The zero-order valence-corrected chi connectivity index (χ0v) is 9.80. The first-order valence-electron chi connectivity index (χ1n) is 5.56. The number of aliphatic hydroxyl groups is 1. The van der Waals surface area contributed by atoms with E-state index in [9.17, 15) is 4.79 Å². The molecule has 2 saturated heterocycles. The summed E-state index contributed by atoms with van der Waals surface area (Å²) in [5.41, 5.74) is 0. The van der Waals surface area contributed by atoms with Crippen molar-refractivity contribution in [3.05, 3.63) is 0 Å². The lowest BCUT2D eigenvalue weighted by Crippen LogP contribution is -2.30. The van der Waals surface area contributed by atoms with Gasteiger partial charge in [-0.15, -0.1) is 0 Å². The highest BCUT2D eigenvalue weighted by Crippen LogP contribution is 2.41. The smallest absolute Gasteiger partial charge is 0.187 e. The summed E-state index contributed by atoms with van der Waals surface area (Å²) < 4.78 is 16.9. The molecule has 0 bridgehead atoms. The van der Waals surface area contributed by atoms with Gasteiger partial charge in [0.25, 0.3) is 0 Å². The van der Waals surface area contributed by atoms with Gasteiger partial charge in [-0.05, 0) is 13.8 Å². The summed E-state index contributed by atoms with van der Waals surface area (Å²) in [6, 6.07) is 0. The molecule has 5 heteroatoms. The first-order valence-corrected chi connectivity index (χ1v) is 5.56. The topological polar surface area (TPSA) is 65.0 Å². The van der Waals surface area contributed by atoms with Crippen molar-refractivity contribution in [1.29, 1.82) is 0 Å². The monoisotopic (exact) mass is 230 g/mol. The molecule has 2 aliphatic rings. The van der Waals surface area contributed by atoms with Crippen molar-refractivity contribution < 1.29 is 24.1 Å². The Balaban J connectivity index is 1.97. The summed E-state index contributed by atoms with van der Waals surface area (Å²) in [6.45, 7) is 5.23. The molecule has 2 rings (SSSR count). The lowest BCUT2D eigenvalue weighted by molar-refractivity contribution is -0.209. The van der Waals surface area contributed by atoms with Crippen LogP contribution < -0.4 is 0 Å². The molecular weight excluding hydrogens is 212 g/mol. The van der Waals surface area contributed by atoms with Crippen LogP contribution in [0, 0.1) is 5.92 Å². The van der Waals surface area contributed by atoms with E-state index in [1.807, 2.05) is 20.8 Å². The van der Waals surface area contributed by atoms with Crippen molar-refractivity contribution in [1.82, 2.24) is 0 Å². The number of carbonyl (C=O) groups excluding carboxylic acids is 1. The van der Waals surface area contributed by atoms with Gasteiger partial charge in [-0.2, -0.15) is 0 Å². The van der Waals surface area contributed by atoms with E-state index in [1.165, 1.54) is 0 Å². The van der Waals surface area contributed by atoms with E-state index >= 15 is 0 Å². The second-order valence-corrected chi connectivity index (χ2v) is 4.90. The molecule has 0 aromatic carbocycles. The van der Waals surface area contributed by atoms with Crippen LogP contribution >= 0.6 is 0 Å². The molecule has 2 fully saturated rings. The Kier molecular flexibility index (Phi) is 3.05. The van der Waals surface area contributed by atoms with Crippen LogP contribution in [-0.4, -0.2) is 41.8 Å². The third-order valence-corrected chi connectivity index (χ3v) is 3.11. The minimum absolute atomic E-state index is 0.0993. The van der Waals surface area contributed by atoms with Crippen molar-refractivity contribution in [2.45, 2.75) is 51.5 Å². The SMILES string of the molecule is C[C@@H]1[C@H]2OC(C)(C)O[C@H]2O[C@@H]1CC(=O)CO. The maximum atomic E-state index is 11.1. The summed E-state index contributed by atoms with van der Waals surface area (Å²) in [4.78, 5) is 11.1. The summed E-state index contributed by atoms with van der Waals surface area (Å²) in [5, 5.41) is 8.70. The van der Waals surface area contributed by atoms with Gasteiger partial charge in [-0.3, -0.25) is 4.79 Å². The van der Waals surface area contributed by atoms with Gasteiger partial charge >= 0.3 is 0 Å². The third kappa shape index (κ3) is 2.13. The normalized spacial score (nSPS) is 41.0. The van der Waals surface area contributed by atoms with Gasteiger partial charge < -0.3 is 19.3 Å². The highest BCUT2D eigenvalue weighted by Gasteiger charge is 2.52. The summed E-state index contributed by atoms with van der Waals surface area (Å²) in [5.74, 6) is -0.728. The van der Waals surface area contributed by atoms with Gasteiger partial charge in [0.2, 0.25) is 0 Å². The third-order valence-electron chi connectivity index (χ3n) is 3.11. The molecule has 0 saturated carbocycles.